The minimum atomic E-state index is -0.776. The zero-order chi connectivity index (χ0) is 15.1. The van der Waals surface area contributed by atoms with Crippen molar-refractivity contribution in [2.75, 3.05) is 58.9 Å². The van der Waals surface area contributed by atoms with Crippen molar-refractivity contribution in [2.45, 2.75) is 6.42 Å². The largest absolute Gasteiger partial charge is 0.481 e. The molecular formula is C13H25N5O3. The third-order valence-corrected chi connectivity index (χ3v) is 3.88. The molecule has 4 N–H and O–H groups in total. The fourth-order valence-electron chi connectivity index (χ4n) is 2.66. The number of carboxylic acids is 1. The number of aliphatic carboxylic acids is 1. The highest BCUT2D eigenvalue weighted by atomic mass is 16.4. The lowest BCUT2D eigenvalue weighted by Gasteiger charge is -2.32. The Hall–Kier alpha value is -1.22. The highest BCUT2D eigenvalue weighted by Crippen LogP contribution is 2.18. The summed E-state index contributed by atoms with van der Waals surface area (Å²) >= 11 is 0. The van der Waals surface area contributed by atoms with Crippen LogP contribution < -0.4 is 16.0 Å². The van der Waals surface area contributed by atoms with E-state index >= 15 is 0 Å². The summed E-state index contributed by atoms with van der Waals surface area (Å²) < 4.78 is 0. The van der Waals surface area contributed by atoms with Gasteiger partial charge in [0.25, 0.3) is 5.91 Å². The van der Waals surface area contributed by atoms with Gasteiger partial charge in [0.15, 0.2) is 0 Å². The molecule has 1 amide bonds. The van der Waals surface area contributed by atoms with Gasteiger partial charge in [-0.25, -0.2) is 5.01 Å². The molecule has 0 saturated carbocycles. The summed E-state index contributed by atoms with van der Waals surface area (Å²) in [4.78, 5) is 23.4. The molecule has 2 saturated heterocycles. The zero-order valence-corrected chi connectivity index (χ0v) is 12.3. The van der Waals surface area contributed by atoms with Crippen LogP contribution in [-0.2, 0) is 9.59 Å². The van der Waals surface area contributed by atoms with E-state index in [4.69, 9.17) is 5.11 Å². The molecule has 1 unspecified atom stereocenters. The van der Waals surface area contributed by atoms with Crippen molar-refractivity contribution < 1.29 is 14.7 Å². The van der Waals surface area contributed by atoms with Crippen molar-refractivity contribution in [3.63, 3.8) is 0 Å². The molecule has 0 aromatic carbocycles. The predicted molar refractivity (Wildman–Crippen MR) is 77.6 cm³/mol. The third kappa shape index (κ3) is 4.92. The minimum Gasteiger partial charge on any atom is -0.481 e. The van der Waals surface area contributed by atoms with Crippen molar-refractivity contribution in [2.24, 2.45) is 5.92 Å². The van der Waals surface area contributed by atoms with Crippen LogP contribution in [0.3, 0.4) is 0 Å². The third-order valence-electron chi connectivity index (χ3n) is 3.88. The summed E-state index contributed by atoms with van der Waals surface area (Å²) in [5, 5.41) is 22.4. The van der Waals surface area contributed by atoms with E-state index in [0.29, 0.717) is 32.6 Å². The van der Waals surface area contributed by atoms with E-state index in [1.54, 1.807) is 5.01 Å². The molecule has 0 aromatic heterocycles. The van der Waals surface area contributed by atoms with Crippen LogP contribution in [0.5, 0.6) is 0 Å². The molecule has 2 fully saturated rings. The van der Waals surface area contributed by atoms with Crippen molar-refractivity contribution >= 4 is 11.9 Å². The lowest BCUT2D eigenvalue weighted by Crippen LogP contribution is -2.52. The van der Waals surface area contributed by atoms with Crippen LogP contribution in [-0.4, -0.2) is 85.9 Å². The first-order valence-corrected chi connectivity index (χ1v) is 7.58. The van der Waals surface area contributed by atoms with E-state index in [0.717, 1.165) is 26.2 Å². The van der Waals surface area contributed by atoms with Crippen LogP contribution in [0.4, 0.5) is 0 Å². The first-order chi connectivity index (χ1) is 10.2. The quantitative estimate of drug-likeness (QED) is 0.465. The van der Waals surface area contributed by atoms with Crippen LogP contribution in [0.15, 0.2) is 0 Å². The van der Waals surface area contributed by atoms with E-state index < -0.39 is 5.97 Å². The number of amides is 1. The molecule has 21 heavy (non-hydrogen) atoms. The Morgan fingerprint density at radius 1 is 1.05 bits per heavy atom. The maximum Gasteiger partial charge on any atom is 0.307 e. The average molecular weight is 299 g/mol. The monoisotopic (exact) mass is 299 g/mol. The minimum absolute atomic E-state index is 0.00316. The molecule has 0 bridgehead atoms. The smallest absolute Gasteiger partial charge is 0.307 e. The van der Waals surface area contributed by atoms with E-state index in [1.165, 1.54) is 0 Å². The summed E-state index contributed by atoms with van der Waals surface area (Å²) in [6, 6.07) is 0. The van der Waals surface area contributed by atoms with Gasteiger partial charge in [0.2, 0.25) is 0 Å². The van der Waals surface area contributed by atoms with E-state index in [9.17, 15) is 9.59 Å². The molecule has 0 radical (unpaired) electrons. The van der Waals surface area contributed by atoms with Gasteiger partial charge in [-0.05, 0) is 6.42 Å². The lowest BCUT2D eigenvalue weighted by atomic mass is 10.1. The van der Waals surface area contributed by atoms with Crippen molar-refractivity contribution in [3.8, 4) is 0 Å². The van der Waals surface area contributed by atoms with Crippen LogP contribution in [0.2, 0.25) is 0 Å². The lowest BCUT2D eigenvalue weighted by molar-refractivity contribution is -0.149. The van der Waals surface area contributed by atoms with E-state index in [-0.39, 0.29) is 18.4 Å². The summed E-state index contributed by atoms with van der Waals surface area (Å²) in [6.07, 6.45) is 0.601. The second-order valence-corrected chi connectivity index (χ2v) is 5.43. The van der Waals surface area contributed by atoms with Crippen LogP contribution >= 0.6 is 0 Å². The number of hydrogen-bond acceptors (Lipinski definition) is 6. The fraction of sp³-hybridized carbons (Fsp3) is 0.846. The van der Waals surface area contributed by atoms with Gasteiger partial charge < -0.3 is 21.1 Å². The predicted octanol–water partition coefficient (Wildman–Crippen LogP) is -2.08. The highest BCUT2D eigenvalue weighted by molar-refractivity contribution is 5.78. The fourth-order valence-corrected chi connectivity index (χ4v) is 2.66. The van der Waals surface area contributed by atoms with Gasteiger partial charge in [0, 0.05) is 45.8 Å². The van der Waals surface area contributed by atoms with Gasteiger partial charge in [-0.1, -0.05) is 0 Å². The molecule has 8 heteroatoms. The first kappa shape index (κ1) is 16.2. The number of hydrazine groups is 1. The van der Waals surface area contributed by atoms with Gasteiger partial charge in [0.05, 0.1) is 19.0 Å². The van der Waals surface area contributed by atoms with Gasteiger partial charge in [0.1, 0.15) is 0 Å². The molecule has 2 aliphatic rings. The molecule has 0 aliphatic carbocycles. The molecule has 2 rings (SSSR count). The normalized spacial score (nSPS) is 27.1. The van der Waals surface area contributed by atoms with Gasteiger partial charge in [-0.15, -0.1) is 0 Å². The highest BCUT2D eigenvalue weighted by Gasteiger charge is 2.33. The number of rotatable bonds is 2. The topological polar surface area (TPSA) is 96.9 Å². The number of nitrogens with one attached hydrogen (secondary N) is 3. The maximum absolute atomic E-state index is 12.3. The first-order valence-electron chi connectivity index (χ1n) is 7.58. The SMILES string of the molecule is O=C(O)C1CCN(N2CCNCCNCCNCC2=O)C1. The van der Waals surface area contributed by atoms with Crippen LogP contribution in [0, 0.1) is 5.92 Å². The summed E-state index contributed by atoms with van der Waals surface area (Å²) in [6.45, 7) is 5.97. The summed E-state index contributed by atoms with van der Waals surface area (Å²) in [5.74, 6) is -1.14. The van der Waals surface area contributed by atoms with Crippen LogP contribution in [0.25, 0.3) is 0 Å². The Morgan fingerprint density at radius 3 is 2.38 bits per heavy atom. The Morgan fingerprint density at radius 2 is 1.71 bits per heavy atom. The molecule has 8 nitrogen and oxygen atoms in total. The molecule has 120 valence electrons. The van der Waals surface area contributed by atoms with Gasteiger partial charge in [-0.3, -0.25) is 14.6 Å². The molecule has 2 heterocycles. The molecule has 0 aromatic rings. The number of nitrogens with zero attached hydrogens (tertiary/aromatic N) is 2. The molecule has 1 atom stereocenters. The van der Waals surface area contributed by atoms with Crippen molar-refractivity contribution in [3.05, 3.63) is 0 Å². The molecular weight excluding hydrogens is 274 g/mol. The second kappa shape index (κ2) is 8.28. The van der Waals surface area contributed by atoms with E-state index in [1.807, 2.05) is 5.01 Å². The molecule has 0 spiro atoms. The Balaban J connectivity index is 1.92. The average Bonchev–Trinajstić information content (AvgIpc) is 2.92. The van der Waals surface area contributed by atoms with Crippen LogP contribution in [0.1, 0.15) is 6.42 Å². The Bertz CT molecular complexity index is 366. The standard InChI is InChI=1S/C13H25N5O3/c19-12-9-16-5-4-14-2-3-15-6-8-18(12)17-7-1-11(10-17)13(20)21/h11,14-16H,1-10H2,(H,20,21). The van der Waals surface area contributed by atoms with Gasteiger partial charge in [-0.2, -0.15) is 0 Å². The summed E-state index contributed by atoms with van der Waals surface area (Å²) in [5.41, 5.74) is 0. The summed E-state index contributed by atoms with van der Waals surface area (Å²) in [7, 11) is 0. The second-order valence-electron chi connectivity index (χ2n) is 5.43. The van der Waals surface area contributed by atoms with Crippen molar-refractivity contribution in [1.82, 2.24) is 26.0 Å². The number of carbonyl (C=O) groups excluding carboxylic acids is 1. The maximum atomic E-state index is 12.3. The van der Waals surface area contributed by atoms with Gasteiger partial charge >= 0.3 is 5.97 Å². The Labute approximate surface area is 124 Å². The Kier molecular flexibility index (Phi) is 6.37. The zero-order valence-electron chi connectivity index (χ0n) is 12.3. The number of carbonyl (C=O) groups is 2. The number of hydrogen-bond donors (Lipinski definition) is 4. The molecule has 2 aliphatic heterocycles. The number of carboxylic acid groups (broad SMARTS) is 1. The van der Waals surface area contributed by atoms with E-state index in [2.05, 4.69) is 16.0 Å². The van der Waals surface area contributed by atoms with Crippen molar-refractivity contribution in [1.29, 1.82) is 0 Å².